The van der Waals surface area contributed by atoms with Crippen molar-refractivity contribution < 1.29 is 0 Å². The van der Waals surface area contributed by atoms with Gasteiger partial charge in [-0.05, 0) is 19.8 Å². The maximum Gasteiger partial charge on any atom is 0.0827 e. The van der Waals surface area contributed by atoms with Crippen LogP contribution in [0.25, 0.3) is 0 Å². The number of aryl methyl sites for hydroxylation is 2. The van der Waals surface area contributed by atoms with Gasteiger partial charge in [-0.3, -0.25) is 4.68 Å². The summed E-state index contributed by atoms with van der Waals surface area (Å²) in [4.78, 5) is 2.45. The topological polar surface area (TPSA) is 33.1 Å². The van der Waals surface area contributed by atoms with Gasteiger partial charge in [-0.15, -0.1) is 0 Å². The van der Waals surface area contributed by atoms with Gasteiger partial charge < -0.3 is 10.2 Å². The van der Waals surface area contributed by atoms with E-state index in [-0.39, 0.29) is 0 Å². The van der Waals surface area contributed by atoms with E-state index in [9.17, 15) is 0 Å². The molecule has 4 nitrogen and oxygen atoms in total. The van der Waals surface area contributed by atoms with Crippen LogP contribution in [0.2, 0.25) is 0 Å². The lowest BCUT2D eigenvalue weighted by atomic mass is 10.1. The summed E-state index contributed by atoms with van der Waals surface area (Å²) in [7, 11) is 1.99. The second kappa shape index (κ2) is 4.87. The van der Waals surface area contributed by atoms with Gasteiger partial charge in [0.1, 0.15) is 0 Å². The van der Waals surface area contributed by atoms with Crippen LogP contribution < -0.4 is 10.2 Å². The van der Waals surface area contributed by atoms with Gasteiger partial charge in [0, 0.05) is 38.9 Å². The SMILES string of the molecule is CCC1CCN(c2cn(C)nc2C)CCN1. The van der Waals surface area contributed by atoms with Crippen molar-refractivity contribution >= 4 is 5.69 Å². The smallest absolute Gasteiger partial charge is 0.0827 e. The molecule has 1 aliphatic rings. The first-order valence-corrected chi connectivity index (χ1v) is 6.19. The lowest BCUT2D eigenvalue weighted by Gasteiger charge is -2.21. The monoisotopic (exact) mass is 222 g/mol. The van der Waals surface area contributed by atoms with Gasteiger partial charge >= 0.3 is 0 Å². The Labute approximate surface area is 97.6 Å². The standard InChI is InChI=1S/C12H22N4/c1-4-11-5-7-16(8-6-13-11)12-9-15(3)14-10(12)2/h9,11,13H,4-8H2,1-3H3. The Morgan fingerprint density at radius 2 is 2.31 bits per heavy atom. The molecule has 4 heteroatoms. The average molecular weight is 222 g/mol. The van der Waals surface area contributed by atoms with Crippen LogP contribution >= 0.6 is 0 Å². The average Bonchev–Trinajstić information content (AvgIpc) is 2.51. The molecule has 1 saturated heterocycles. The van der Waals surface area contributed by atoms with Crippen molar-refractivity contribution in [1.82, 2.24) is 15.1 Å². The van der Waals surface area contributed by atoms with Crippen molar-refractivity contribution in [3.8, 4) is 0 Å². The van der Waals surface area contributed by atoms with Crippen LogP contribution in [0.15, 0.2) is 6.20 Å². The van der Waals surface area contributed by atoms with Gasteiger partial charge in [-0.25, -0.2) is 0 Å². The van der Waals surface area contributed by atoms with Crippen molar-refractivity contribution in [1.29, 1.82) is 0 Å². The molecule has 0 radical (unpaired) electrons. The quantitative estimate of drug-likeness (QED) is 0.819. The molecule has 90 valence electrons. The first-order chi connectivity index (χ1) is 7.70. The minimum Gasteiger partial charge on any atom is -0.367 e. The van der Waals surface area contributed by atoms with E-state index >= 15 is 0 Å². The van der Waals surface area contributed by atoms with Crippen LogP contribution in [0, 0.1) is 6.92 Å². The Kier molecular flexibility index (Phi) is 3.49. The van der Waals surface area contributed by atoms with Crippen molar-refractivity contribution in [2.24, 2.45) is 7.05 Å². The highest BCUT2D eigenvalue weighted by molar-refractivity contribution is 5.48. The summed E-state index contributed by atoms with van der Waals surface area (Å²) in [6, 6.07) is 0.682. The van der Waals surface area contributed by atoms with Crippen LogP contribution in [-0.4, -0.2) is 35.5 Å². The van der Waals surface area contributed by atoms with Gasteiger partial charge in [-0.2, -0.15) is 5.10 Å². The van der Waals surface area contributed by atoms with Crippen LogP contribution in [-0.2, 0) is 7.05 Å². The molecule has 1 atom stereocenters. The Hall–Kier alpha value is -1.03. The fourth-order valence-corrected chi connectivity index (χ4v) is 2.42. The van der Waals surface area contributed by atoms with Gasteiger partial charge in [0.15, 0.2) is 0 Å². The predicted octanol–water partition coefficient (Wildman–Crippen LogP) is 1.31. The van der Waals surface area contributed by atoms with E-state index in [1.165, 1.54) is 18.5 Å². The molecule has 1 aromatic rings. The van der Waals surface area contributed by atoms with Crippen LogP contribution in [0.3, 0.4) is 0 Å². The predicted molar refractivity (Wildman–Crippen MR) is 66.9 cm³/mol. The first kappa shape index (κ1) is 11.5. The van der Waals surface area contributed by atoms with Crippen LogP contribution in [0.4, 0.5) is 5.69 Å². The van der Waals surface area contributed by atoms with E-state index in [1.807, 2.05) is 11.7 Å². The zero-order valence-corrected chi connectivity index (χ0v) is 10.5. The molecule has 0 amide bonds. The van der Waals surface area contributed by atoms with Crippen molar-refractivity contribution in [2.75, 3.05) is 24.5 Å². The van der Waals surface area contributed by atoms with Gasteiger partial charge in [0.2, 0.25) is 0 Å². The van der Waals surface area contributed by atoms with Crippen molar-refractivity contribution in [3.63, 3.8) is 0 Å². The minimum atomic E-state index is 0.682. The van der Waals surface area contributed by atoms with Crippen molar-refractivity contribution in [2.45, 2.75) is 32.7 Å². The molecule has 0 aromatic carbocycles. The fourth-order valence-electron chi connectivity index (χ4n) is 2.42. The number of rotatable bonds is 2. The summed E-state index contributed by atoms with van der Waals surface area (Å²) in [5.74, 6) is 0. The van der Waals surface area contributed by atoms with Gasteiger partial charge in [0.25, 0.3) is 0 Å². The third-order valence-electron chi connectivity index (χ3n) is 3.38. The summed E-state index contributed by atoms with van der Waals surface area (Å²) in [6.07, 6.45) is 4.58. The third kappa shape index (κ3) is 2.38. The van der Waals surface area contributed by atoms with Crippen LogP contribution in [0.5, 0.6) is 0 Å². The molecule has 0 spiro atoms. The normalized spacial score (nSPS) is 22.2. The maximum absolute atomic E-state index is 4.41. The van der Waals surface area contributed by atoms with E-state index in [0.29, 0.717) is 6.04 Å². The molecule has 1 unspecified atom stereocenters. The molecule has 2 rings (SSSR count). The molecule has 1 aromatic heterocycles. The summed E-state index contributed by atoms with van der Waals surface area (Å²) in [5.41, 5.74) is 2.43. The number of nitrogens with one attached hydrogen (secondary N) is 1. The first-order valence-electron chi connectivity index (χ1n) is 6.19. The lowest BCUT2D eigenvalue weighted by molar-refractivity contribution is 0.510. The molecular weight excluding hydrogens is 200 g/mol. The molecule has 1 fully saturated rings. The molecule has 1 aliphatic heterocycles. The third-order valence-corrected chi connectivity index (χ3v) is 3.38. The number of hydrogen-bond donors (Lipinski definition) is 1. The minimum absolute atomic E-state index is 0.682. The number of hydrogen-bond acceptors (Lipinski definition) is 3. The lowest BCUT2D eigenvalue weighted by Crippen LogP contribution is -2.30. The van der Waals surface area contributed by atoms with Crippen LogP contribution in [0.1, 0.15) is 25.5 Å². The Balaban J connectivity index is 2.07. The zero-order valence-electron chi connectivity index (χ0n) is 10.5. The maximum atomic E-state index is 4.41. The molecule has 0 saturated carbocycles. The highest BCUT2D eigenvalue weighted by Gasteiger charge is 2.17. The molecule has 1 N–H and O–H groups in total. The molecule has 16 heavy (non-hydrogen) atoms. The Bertz CT molecular complexity index is 345. The van der Waals surface area contributed by atoms with E-state index < -0.39 is 0 Å². The van der Waals surface area contributed by atoms with Crippen molar-refractivity contribution in [3.05, 3.63) is 11.9 Å². The number of anilines is 1. The van der Waals surface area contributed by atoms with E-state index in [1.54, 1.807) is 0 Å². The van der Waals surface area contributed by atoms with E-state index in [0.717, 1.165) is 25.3 Å². The Morgan fingerprint density at radius 3 is 2.94 bits per heavy atom. The summed E-state index contributed by atoms with van der Waals surface area (Å²) in [5, 5.41) is 8.00. The highest BCUT2D eigenvalue weighted by Crippen LogP contribution is 2.19. The van der Waals surface area contributed by atoms with E-state index in [2.05, 4.69) is 35.4 Å². The van der Waals surface area contributed by atoms with Gasteiger partial charge in [-0.1, -0.05) is 6.92 Å². The fraction of sp³-hybridized carbons (Fsp3) is 0.750. The largest absolute Gasteiger partial charge is 0.367 e. The summed E-state index contributed by atoms with van der Waals surface area (Å²) in [6.45, 7) is 7.64. The molecule has 0 bridgehead atoms. The van der Waals surface area contributed by atoms with Gasteiger partial charge in [0.05, 0.1) is 11.4 Å². The molecule has 2 heterocycles. The summed E-state index contributed by atoms with van der Waals surface area (Å²) < 4.78 is 1.90. The zero-order chi connectivity index (χ0) is 11.5. The second-order valence-electron chi connectivity index (χ2n) is 4.61. The second-order valence-corrected chi connectivity index (χ2v) is 4.61. The summed E-state index contributed by atoms with van der Waals surface area (Å²) >= 11 is 0. The Morgan fingerprint density at radius 1 is 1.50 bits per heavy atom. The van der Waals surface area contributed by atoms with E-state index in [4.69, 9.17) is 0 Å². The number of aromatic nitrogens is 2. The number of nitrogens with zero attached hydrogens (tertiary/aromatic N) is 3. The highest BCUT2D eigenvalue weighted by atomic mass is 15.3. The molecular formula is C12H22N4. The molecule has 0 aliphatic carbocycles.